The van der Waals surface area contributed by atoms with E-state index in [0.717, 1.165) is 24.5 Å². The van der Waals surface area contributed by atoms with Crippen LogP contribution in [0.1, 0.15) is 30.6 Å². The van der Waals surface area contributed by atoms with Gasteiger partial charge >= 0.3 is 0 Å². The van der Waals surface area contributed by atoms with Crippen molar-refractivity contribution < 1.29 is 5.11 Å². The number of nitrogens with zero attached hydrogens (tertiary/aromatic N) is 2. The van der Waals surface area contributed by atoms with E-state index in [1.54, 1.807) is 0 Å². The fraction of sp³-hybridized carbons (Fsp3) is 0.435. The van der Waals surface area contributed by atoms with E-state index in [1.807, 2.05) is 36.4 Å². The molecule has 5 heteroatoms. The Morgan fingerprint density at radius 2 is 1.64 bits per heavy atom. The molecular weight excluding hydrogens is 348 g/mol. The van der Waals surface area contributed by atoms with Crippen LogP contribution in [0.5, 0.6) is 0 Å². The first-order valence-electron chi connectivity index (χ1n) is 10.1. The fourth-order valence-electron chi connectivity index (χ4n) is 3.00. The Kier molecular flexibility index (Phi) is 9.52. The molecule has 0 fully saturated rings. The summed E-state index contributed by atoms with van der Waals surface area (Å²) in [4.78, 5) is 6.99. The zero-order valence-corrected chi connectivity index (χ0v) is 17.3. The van der Waals surface area contributed by atoms with E-state index in [1.165, 1.54) is 5.56 Å². The van der Waals surface area contributed by atoms with E-state index in [0.29, 0.717) is 25.6 Å². The Morgan fingerprint density at radius 3 is 2.25 bits per heavy atom. The molecule has 0 saturated heterocycles. The molecule has 0 aliphatic heterocycles. The zero-order chi connectivity index (χ0) is 20.2. The highest BCUT2D eigenvalue weighted by Crippen LogP contribution is 2.14. The van der Waals surface area contributed by atoms with Crippen molar-refractivity contribution in [2.24, 2.45) is 4.99 Å². The second kappa shape index (κ2) is 12.2. The van der Waals surface area contributed by atoms with Crippen molar-refractivity contribution in [3.8, 4) is 0 Å². The number of hydrogen-bond acceptors (Lipinski definition) is 3. The van der Waals surface area contributed by atoms with Crippen LogP contribution in [-0.4, -0.2) is 55.7 Å². The number of guanidine groups is 1. The maximum Gasteiger partial charge on any atom is 0.191 e. The van der Waals surface area contributed by atoms with E-state index >= 15 is 0 Å². The number of benzene rings is 2. The molecule has 0 radical (unpaired) electrons. The summed E-state index contributed by atoms with van der Waals surface area (Å²) in [5, 5.41) is 16.9. The number of aliphatic imine (C=N–C) groups is 1. The highest BCUT2D eigenvalue weighted by atomic mass is 16.3. The molecule has 0 saturated carbocycles. The van der Waals surface area contributed by atoms with Gasteiger partial charge < -0.3 is 20.6 Å². The molecule has 2 atom stereocenters. The first-order chi connectivity index (χ1) is 13.6. The number of likely N-dealkylation sites (N-methyl/N-ethyl adjacent to an activating group) is 1. The lowest BCUT2D eigenvalue weighted by Crippen LogP contribution is -2.40. The maximum atomic E-state index is 10.3. The summed E-state index contributed by atoms with van der Waals surface area (Å²) in [6, 6.07) is 20.6. The molecule has 0 heterocycles. The average Bonchev–Trinajstić information content (AvgIpc) is 2.72. The smallest absolute Gasteiger partial charge is 0.191 e. The molecule has 3 N–H and O–H groups in total. The number of nitrogens with one attached hydrogen (secondary N) is 2. The van der Waals surface area contributed by atoms with Gasteiger partial charge in [0.25, 0.3) is 0 Å². The Bertz CT molecular complexity index is 688. The predicted molar refractivity (Wildman–Crippen MR) is 118 cm³/mol. The van der Waals surface area contributed by atoms with Gasteiger partial charge in [-0.05, 0) is 45.0 Å². The molecule has 5 nitrogen and oxygen atoms in total. The largest absolute Gasteiger partial charge is 0.388 e. The molecule has 0 bridgehead atoms. The first-order valence-corrected chi connectivity index (χ1v) is 10.1. The number of aliphatic hydroxyl groups is 1. The zero-order valence-electron chi connectivity index (χ0n) is 17.3. The Labute approximate surface area is 169 Å². The second-order valence-corrected chi connectivity index (χ2v) is 7.17. The van der Waals surface area contributed by atoms with Crippen LogP contribution >= 0.6 is 0 Å². The topological polar surface area (TPSA) is 59.9 Å². The molecule has 0 aliphatic carbocycles. The summed E-state index contributed by atoms with van der Waals surface area (Å²) < 4.78 is 0. The van der Waals surface area contributed by atoms with Gasteiger partial charge in [-0.3, -0.25) is 4.99 Å². The summed E-state index contributed by atoms with van der Waals surface area (Å²) in [6.07, 6.45) is 1.13. The van der Waals surface area contributed by atoms with Crippen molar-refractivity contribution in [2.45, 2.75) is 31.9 Å². The highest BCUT2D eigenvalue weighted by Gasteiger charge is 2.12. The van der Waals surface area contributed by atoms with Gasteiger partial charge in [0, 0.05) is 19.1 Å². The fourth-order valence-corrected chi connectivity index (χ4v) is 3.00. The van der Waals surface area contributed by atoms with Crippen LogP contribution in [0.15, 0.2) is 65.7 Å². The van der Waals surface area contributed by atoms with Crippen LogP contribution in [0.3, 0.4) is 0 Å². The van der Waals surface area contributed by atoms with Gasteiger partial charge in [-0.1, -0.05) is 60.7 Å². The lowest BCUT2D eigenvalue weighted by Gasteiger charge is -2.23. The third kappa shape index (κ3) is 7.71. The summed E-state index contributed by atoms with van der Waals surface area (Å²) in [5.41, 5.74) is 2.27. The Hall–Kier alpha value is -2.37. The minimum Gasteiger partial charge on any atom is -0.388 e. The SMILES string of the molecule is CCNC(=NCC(Cc1ccccc1)N(C)C)NCCC(O)c1ccccc1. The van der Waals surface area contributed by atoms with Gasteiger partial charge in [-0.2, -0.15) is 0 Å². The van der Waals surface area contributed by atoms with Crippen LogP contribution < -0.4 is 10.6 Å². The van der Waals surface area contributed by atoms with Crippen molar-refractivity contribution in [2.75, 3.05) is 33.7 Å². The van der Waals surface area contributed by atoms with Crippen LogP contribution in [0.4, 0.5) is 0 Å². The third-order valence-corrected chi connectivity index (χ3v) is 4.74. The normalized spacial score (nSPS) is 14.0. The number of rotatable bonds is 10. The summed E-state index contributed by atoms with van der Waals surface area (Å²) >= 11 is 0. The van der Waals surface area contributed by atoms with Crippen LogP contribution in [0, 0.1) is 0 Å². The Morgan fingerprint density at radius 1 is 1.00 bits per heavy atom. The van der Waals surface area contributed by atoms with E-state index in [4.69, 9.17) is 4.99 Å². The third-order valence-electron chi connectivity index (χ3n) is 4.74. The monoisotopic (exact) mass is 382 g/mol. The maximum absolute atomic E-state index is 10.3. The molecule has 2 unspecified atom stereocenters. The molecule has 2 aromatic rings. The summed E-state index contributed by atoms with van der Waals surface area (Å²) in [6.45, 7) is 4.23. The van der Waals surface area contributed by atoms with Crippen LogP contribution in [-0.2, 0) is 6.42 Å². The second-order valence-electron chi connectivity index (χ2n) is 7.17. The highest BCUT2D eigenvalue weighted by molar-refractivity contribution is 5.79. The van der Waals surface area contributed by atoms with Gasteiger partial charge in [0.1, 0.15) is 0 Å². The first kappa shape index (κ1) is 21.9. The quantitative estimate of drug-likeness (QED) is 0.437. The van der Waals surface area contributed by atoms with Crippen molar-refractivity contribution in [3.63, 3.8) is 0 Å². The minimum absolute atomic E-state index is 0.327. The van der Waals surface area contributed by atoms with E-state index in [-0.39, 0.29) is 0 Å². The summed E-state index contributed by atoms with van der Waals surface area (Å²) in [5.74, 6) is 0.794. The van der Waals surface area contributed by atoms with E-state index in [2.05, 4.69) is 60.8 Å². The molecule has 0 aliphatic rings. The van der Waals surface area contributed by atoms with Gasteiger partial charge in [0.15, 0.2) is 5.96 Å². The van der Waals surface area contributed by atoms with E-state index in [9.17, 15) is 5.11 Å². The van der Waals surface area contributed by atoms with Crippen molar-refractivity contribution in [1.82, 2.24) is 15.5 Å². The Balaban J connectivity index is 1.88. The average molecular weight is 383 g/mol. The van der Waals surface area contributed by atoms with Crippen LogP contribution in [0.25, 0.3) is 0 Å². The van der Waals surface area contributed by atoms with Crippen LogP contribution in [0.2, 0.25) is 0 Å². The number of aliphatic hydroxyl groups excluding tert-OH is 1. The van der Waals surface area contributed by atoms with Gasteiger partial charge in [-0.15, -0.1) is 0 Å². The van der Waals surface area contributed by atoms with Crippen molar-refractivity contribution in [1.29, 1.82) is 0 Å². The molecule has 28 heavy (non-hydrogen) atoms. The molecule has 2 aromatic carbocycles. The number of hydrogen-bond donors (Lipinski definition) is 3. The molecule has 152 valence electrons. The lowest BCUT2D eigenvalue weighted by molar-refractivity contribution is 0.168. The molecule has 0 spiro atoms. The van der Waals surface area contributed by atoms with E-state index < -0.39 is 6.10 Å². The van der Waals surface area contributed by atoms with Crippen molar-refractivity contribution in [3.05, 3.63) is 71.8 Å². The minimum atomic E-state index is -0.468. The van der Waals surface area contributed by atoms with Gasteiger partial charge in [0.05, 0.1) is 12.6 Å². The lowest BCUT2D eigenvalue weighted by atomic mass is 10.1. The van der Waals surface area contributed by atoms with Crippen molar-refractivity contribution >= 4 is 5.96 Å². The molecular formula is C23H34N4O. The summed E-state index contributed by atoms with van der Waals surface area (Å²) in [7, 11) is 4.19. The van der Waals surface area contributed by atoms with Gasteiger partial charge in [-0.25, -0.2) is 0 Å². The predicted octanol–water partition coefficient (Wildman–Crippen LogP) is 2.84. The standard InChI is InChI=1S/C23H34N4O/c1-4-24-23(25-16-15-22(28)20-13-9-6-10-14-20)26-18-21(27(2)3)17-19-11-7-5-8-12-19/h5-14,21-22,28H,4,15-18H2,1-3H3,(H2,24,25,26). The molecule has 2 rings (SSSR count). The van der Waals surface area contributed by atoms with Gasteiger partial charge in [0.2, 0.25) is 0 Å². The molecule has 0 amide bonds. The molecule has 0 aromatic heterocycles.